The highest BCUT2D eigenvalue weighted by Crippen LogP contribution is 2.38. The van der Waals surface area contributed by atoms with Crippen LogP contribution in [-0.4, -0.2) is 19.2 Å². The Balaban J connectivity index is 2.24. The van der Waals surface area contributed by atoms with E-state index >= 15 is 0 Å². The molecule has 1 N–H and O–H groups in total. The van der Waals surface area contributed by atoms with Crippen LogP contribution in [0.15, 0.2) is 42.6 Å². The molecule has 0 aliphatic carbocycles. The molecule has 0 aliphatic rings. The minimum atomic E-state index is 0.724. The van der Waals surface area contributed by atoms with E-state index in [1.165, 1.54) is 0 Å². The minimum absolute atomic E-state index is 0.724. The summed E-state index contributed by atoms with van der Waals surface area (Å²) in [5.74, 6) is 1.55. The van der Waals surface area contributed by atoms with Gasteiger partial charge < -0.3 is 14.5 Å². The van der Waals surface area contributed by atoms with E-state index in [0.717, 1.165) is 38.6 Å². The van der Waals surface area contributed by atoms with Crippen LogP contribution < -0.4 is 9.47 Å². The van der Waals surface area contributed by atoms with Crippen LogP contribution in [-0.2, 0) is 0 Å². The second kappa shape index (κ2) is 5.10. The van der Waals surface area contributed by atoms with Gasteiger partial charge in [0.15, 0.2) is 0 Å². The van der Waals surface area contributed by atoms with E-state index in [1.54, 1.807) is 14.2 Å². The maximum absolute atomic E-state index is 5.94. The molecule has 0 saturated heterocycles. The maximum atomic E-state index is 5.94. The lowest BCUT2D eigenvalue weighted by molar-refractivity contribution is 0.398. The zero-order valence-corrected chi connectivity index (χ0v) is 12.0. The third kappa shape index (κ3) is 2.10. The quantitative estimate of drug-likeness (QED) is 0.769. The first-order valence-electron chi connectivity index (χ1n) is 6.22. The minimum Gasteiger partial charge on any atom is -0.497 e. The molecular formula is C16H14ClNO2. The molecule has 0 unspecified atom stereocenters. The van der Waals surface area contributed by atoms with Crippen LogP contribution in [0.1, 0.15) is 0 Å². The van der Waals surface area contributed by atoms with E-state index in [-0.39, 0.29) is 0 Å². The molecule has 0 saturated carbocycles. The zero-order valence-electron chi connectivity index (χ0n) is 11.2. The number of benzene rings is 2. The zero-order chi connectivity index (χ0) is 14.1. The molecule has 4 heteroatoms. The van der Waals surface area contributed by atoms with E-state index in [0.29, 0.717) is 0 Å². The normalized spacial score (nSPS) is 10.8. The van der Waals surface area contributed by atoms with Crippen molar-refractivity contribution in [3.63, 3.8) is 0 Å². The van der Waals surface area contributed by atoms with E-state index in [2.05, 4.69) is 4.98 Å². The van der Waals surface area contributed by atoms with Crippen molar-refractivity contribution < 1.29 is 9.47 Å². The van der Waals surface area contributed by atoms with E-state index in [4.69, 9.17) is 21.1 Å². The number of hydrogen-bond donors (Lipinski definition) is 1. The molecular weight excluding hydrogens is 274 g/mol. The number of rotatable bonds is 3. The summed E-state index contributed by atoms with van der Waals surface area (Å²) in [6.07, 6.45) is 1.97. The molecule has 1 heterocycles. The van der Waals surface area contributed by atoms with E-state index < -0.39 is 0 Å². The lowest BCUT2D eigenvalue weighted by atomic mass is 10.0. The topological polar surface area (TPSA) is 34.2 Å². The fourth-order valence-electron chi connectivity index (χ4n) is 2.34. The molecule has 2 aromatic carbocycles. The summed E-state index contributed by atoms with van der Waals surface area (Å²) in [6, 6.07) is 11.6. The molecule has 102 valence electrons. The number of hydrogen-bond acceptors (Lipinski definition) is 2. The average molecular weight is 288 g/mol. The van der Waals surface area contributed by atoms with Gasteiger partial charge >= 0.3 is 0 Å². The second-order valence-corrected chi connectivity index (χ2v) is 4.90. The monoisotopic (exact) mass is 287 g/mol. The van der Waals surface area contributed by atoms with Gasteiger partial charge in [0.25, 0.3) is 0 Å². The van der Waals surface area contributed by atoms with Gasteiger partial charge in [-0.2, -0.15) is 0 Å². The highest BCUT2D eigenvalue weighted by atomic mass is 35.5. The Morgan fingerprint density at radius 1 is 1.00 bits per heavy atom. The van der Waals surface area contributed by atoms with Crippen LogP contribution in [0.4, 0.5) is 0 Å². The van der Waals surface area contributed by atoms with Crippen LogP contribution in [0.3, 0.4) is 0 Å². The number of fused-ring (bicyclic) bond motifs is 1. The first-order valence-corrected chi connectivity index (χ1v) is 6.60. The average Bonchev–Trinajstić information content (AvgIpc) is 2.91. The Kier molecular flexibility index (Phi) is 3.28. The third-order valence-electron chi connectivity index (χ3n) is 3.33. The number of aromatic amines is 1. The summed E-state index contributed by atoms with van der Waals surface area (Å²) >= 11 is 5.94. The van der Waals surface area contributed by atoms with Gasteiger partial charge in [0.1, 0.15) is 11.5 Å². The number of H-pyrrole nitrogens is 1. The number of halogens is 1. The van der Waals surface area contributed by atoms with Crippen molar-refractivity contribution in [2.45, 2.75) is 0 Å². The van der Waals surface area contributed by atoms with Gasteiger partial charge in [0.2, 0.25) is 0 Å². The van der Waals surface area contributed by atoms with E-state index in [1.807, 2.05) is 42.6 Å². The summed E-state index contributed by atoms with van der Waals surface area (Å²) in [6.45, 7) is 0. The summed E-state index contributed by atoms with van der Waals surface area (Å²) < 4.78 is 10.8. The van der Waals surface area contributed by atoms with Gasteiger partial charge in [-0.25, -0.2) is 0 Å². The predicted molar refractivity (Wildman–Crippen MR) is 81.8 cm³/mol. The first-order chi connectivity index (χ1) is 9.72. The highest BCUT2D eigenvalue weighted by Gasteiger charge is 2.13. The number of nitrogens with one attached hydrogen (secondary N) is 1. The Bertz CT molecular complexity index is 747. The van der Waals surface area contributed by atoms with Crippen LogP contribution in [0, 0.1) is 0 Å². The SMILES string of the molecule is COc1cc(OC)c2c(-c3ccc(Cl)cc3)c[nH]c2c1. The third-order valence-corrected chi connectivity index (χ3v) is 3.58. The molecule has 0 radical (unpaired) electrons. The molecule has 0 atom stereocenters. The van der Waals surface area contributed by atoms with Crippen LogP contribution in [0.5, 0.6) is 11.5 Å². The van der Waals surface area contributed by atoms with Crippen molar-refractivity contribution in [2.75, 3.05) is 14.2 Å². The highest BCUT2D eigenvalue weighted by molar-refractivity contribution is 6.30. The molecule has 0 bridgehead atoms. The molecule has 0 aliphatic heterocycles. The summed E-state index contributed by atoms with van der Waals surface area (Å²) in [5, 5.41) is 1.76. The number of ether oxygens (including phenoxy) is 2. The van der Waals surface area contributed by atoms with Crippen molar-refractivity contribution in [3.05, 3.63) is 47.6 Å². The lowest BCUT2D eigenvalue weighted by Gasteiger charge is -2.08. The van der Waals surface area contributed by atoms with Crippen LogP contribution in [0.2, 0.25) is 5.02 Å². The van der Waals surface area contributed by atoms with Crippen LogP contribution >= 0.6 is 11.6 Å². The molecule has 0 amide bonds. The fraction of sp³-hybridized carbons (Fsp3) is 0.125. The van der Waals surface area contributed by atoms with Crippen molar-refractivity contribution in [1.29, 1.82) is 0 Å². The largest absolute Gasteiger partial charge is 0.497 e. The molecule has 3 nitrogen and oxygen atoms in total. The fourth-order valence-corrected chi connectivity index (χ4v) is 2.47. The van der Waals surface area contributed by atoms with Gasteiger partial charge in [-0.05, 0) is 17.7 Å². The van der Waals surface area contributed by atoms with Crippen molar-refractivity contribution in [3.8, 4) is 22.6 Å². The van der Waals surface area contributed by atoms with Gasteiger partial charge in [-0.1, -0.05) is 23.7 Å². The van der Waals surface area contributed by atoms with Crippen molar-refractivity contribution in [1.82, 2.24) is 4.98 Å². The molecule has 20 heavy (non-hydrogen) atoms. The number of aromatic nitrogens is 1. The molecule has 3 rings (SSSR count). The molecule has 0 spiro atoms. The van der Waals surface area contributed by atoms with E-state index in [9.17, 15) is 0 Å². The van der Waals surface area contributed by atoms with Gasteiger partial charge in [0, 0.05) is 34.3 Å². The Morgan fingerprint density at radius 3 is 2.40 bits per heavy atom. The summed E-state index contributed by atoms with van der Waals surface area (Å²) in [7, 11) is 3.30. The first kappa shape index (κ1) is 12.9. The lowest BCUT2D eigenvalue weighted by Crippen LogP contribution is -1.88. The molecule has 1 aromatic heterocycles. The van der Waals surface area contributed by atoms with Crippen LogP contribution in [0.25, 0.3) is 22.0 Å². The smallest absolute Gasteiger partial charge is 0.132 e. The Morgan fingerprint density at radius 2 is 1.75 bits per heavy atom. The van der Waals surface area contributed by atoms with Gasteiger partial charge in [0.05, 0.1) is 19.7 Å². The van der Waals surface area contributed by atoms with Crippen molar-refractivity contribution >= 4 is 22.5 Å². The predicted octanol–water partition coefficient (Wildman–Crippen LogP) is 4.51. The Hall–Kier alpha value is -2.13. The second-order valence-electron chi connectivity index (χ2n) is 4.46. The summed E-state index contributed by atoms with van der Waals surface area (Å²) in [4.78, 5) is 3.26. The molecule has 0 fully saturated rings. The number of methoxy groups -OCH3 is 2. The van der Waals surface area contributed by atoms with Gasteiger partial charge in [-0.3, -0.25) is 0 Å². The van der Waals surface area contributed by atoms with Crippen molar-refractivity contribution in [2.24, 2.45) is 0 Å². The maximum Gasteiger partial charge on any atom is 0.132 e. The standard InChI is InChI=1S/C16H14ClNO2/c1-19-12-7-14-16(15(8-12)20-2)13(9-18-14)10-3-5-11(17)6-4-10/h3-9,18H,1-2H3. The molecule has 3 aromatic rings. The Labute approximate surface area is 122 Å². The van der Waals surface area contributed by atoms with Gasteiger partial charge in [-0.15, -0.1) is 0 Å². The summed E-state index contributed by atoms with van der Waals surface area (Å²) in [5.41, 5.74) is 3.14.